The van der Waals surface area contributed by atoms with Crippen LogP contribution in [0, 0.1) is 0 Å². The van der Waals surface area contributed by atoms with Gasteiger partial charge in [-0.15, -0.1) is 12.4 Å². The summed E-state index contributed by atoms with van der Waals surface area (Å²) in [5, 5.41) is 2.90. The second kappa shape index (κ2) is 9.37. The van der Waals surface area contributed by atoms with Crippen LogP contribution < -0.4 is 11.1 Å². The third kappa shape index (κ3) is 5.22. The van der Waals surface area contributed by atoms with Gasteiger partial charge in [-0.1, -0.05) is 37.8 Å². The summed E-state index contributed by atoms with van der Waals surface area (Å²) in [6, 6.07) is 6.85. The number of rotatable bonds is 5. The van der Waals surface area contributed by atoms with Crippen LogP contribution in [0.4, 0.5) is 0 Å². The SMILES string of the molecule is Cl.NC1(C(=O)NCc2cccc(S(=O)(=O)N3CCCCC3)c2)CCCCC1. The van der Waals surface area contributed by atoms with Crippen molar-refractivity contribution < 1.29 is 13.2 Å². The lowest BCUT2D eigenvalue weighted by atomic mass is 9.82. The van der Waals surface area contributed by atoms with Crippen LogP contribution in [0.3, 0.4) is 0 Å². The number of amides is 1. The quantitative estimate of drug-likeness (QED) is 0.772. The van der Waals surface area contributed by atoms with Crippen LogP contribution in [0.2, 0.25) is 0 Å². The minimum atomic E-state index is -3.46. The largest absolute Gasteiger partial charge is 0.350 e. The molecule has 1 aliphatic carbocycles. The molecule has 6 nitrogen and oxygen atoms in total. The van der Waals surface area contributed by atoms with Gasteiger partial charge < -0.3 is 11.1 Å². The number of benzene rings is 1. The molecule has 1 saturated carbocycles. The van der Waals surface area contributed by atoms with Crippen molar-refractivity contribution >= 4 is 28.3 Å². The molecule has 152 valence electrons. The summed E-state index contributed by atoms with van der Waals surface area (Å²) in [7, 11) is -3.46. The van der Waals surface area contributed by atoms with E-state index in [2.05, 4.69) is 5.32 Å². The molecule has 1 aliphatic heterocycles. The van der Waals surface area contributed by atoms with E-state index in [0.717, 1.165) is 44.1 Å². The average Bonchev–Trinajstić information content (AvgIpc) is 2.67. The van der Waals surface area contributed by atoms with Crippen LogP contribution in [-0.4, -0.2) is 37.3 Å². The predicted octanol–water partition coefficient (Wildman–Crippen LogP) is 2.56. The fourth-order valence-electron chi connectivity index (χ4n) is 3.84. The highest BCUT2D eigenvalue weighted by Crippen LogP contribution is 2.26. The van der Waals surface area contributed by atoms with Gasteiger partial charge in [-0.05, 0) is 43.4 Å². The molecule has 2 aliphatic rings. The summed E-state index contributed by atoms with van der Waals surface area (Å²) in [5.41, 5.74) is 6.24. The normalized spacial score (nSPS) is 20.5. The van der Waals surface area contributed by atoms with Gasteiger partial charge in [0.1, 0.15) is 0 Å². The Morgan fingerprint density at radius 3 is 2.37 bits per heavy atom. The second-order valence-corrected chi connectivity index (χ2v) is 9.45. The molecule has 8 heteroatoms. The number of piperidine rings is 1. The first kappa shape index (κ1) is 22.1. The molecule has 2 fully saturated rings. The van der Waals surface area contributed by atoms with E-state index in [9.17, 15) is 13.2 Å². The van der Waals surface area contributed by atoms with Crippen LogP contribution in [0.1, 0.15) is 56.9 Å². The summed E-state index contributed by atoms with van der Waals surface area (Å²) >= 11 is 0. The molecular formula is C19H30ClN3O3S. The van der Waals surface area contributed by atoms with Gasteiger partial charge in [-0.25, -0.2) is 8.42 Å². The van der Waals surface area contributed by atoms with Crippen LogP contribution in [-0.2, 0) is 21.4 Å². The smallest absolute Gasteiger partial charge is 0.243 e. The van der Waals surface area contributed by atoms with E-state index in [0.29, 0.717) is 37.4 Å². The van der Waals surface area contributed by atoms with E-state index >= 15 is 0 Å². The number of carbonyl (C=O) groups excluding carboxylic acids is 1. The Bertz CT molecular complexity index is 742. The van der Waals surface area contributed by atoms with Crippen molar-refractivity contribution in [3.8, 4) is 0 Å². The summed E-state index contributed by atoms with van der Waals surface area (Å²) in [6.07, 6.45) is 7.41. The van der Waals surface area contributed by atoms with E-state index < -0.39 is 15.6 Å². The van der Waals surface area contributed by atoms with Gasteiger partial charge in [-0.3, -0.25) is 4.79 Å². The fourth-order valence-corrected chi connectivity index (χ4v) is 5.43. The molecule has 1 aromatic rings. The Morgan fingerprint density at radius 2 is 1.70 bits per heavy atom. The van der Waals surface area contributed by atoms with Crippen LogP contribution in [0.25, 0.3) is 0 Å². The summed E-state index contributed by atoms with van der Waals surface area (Å²) in [6.45, 7) is 1.46. The van der Waals surface area contributed by atoms with E-state index in [1.807, 2.05) is 6.07 Å². The summed E-state index contributed by atoms with van der Waals surface area (Å²) in [5.74, 6) is -0.138. The zero-order valence-electron chi connectivity index (χ0n) is 15.7. The third-order valence-corrected chi connectivity index (χ3v) is 7.40. The molecule has 0 spiro atoms. The van der Waals surface area contributed by atoms with Gasteiger partial charge in [0.25, 0.3) is 0 Å². The Morgan fingerprint density at radius 1 is 1.07 bits per heavy atom. The van der Waals surface area contributed by atoms with Gasteiger partial charge >= 0.3 is 0 Å². The van der Waals surface area contributed by atoms with Crippen molar-refractivity contribution in [1.82, 2.24) is 9.62 Å². The van der Waals surface area contributed by atoms with Crippen molar-refractivity contribution in [2.45, 2.75) is 68.3 Å². The molecular weight excluding hydrogens is 386 g/mol. The standard InChI is InChI=1S/C19H29N3O3S.ClH/c20-19(10-3-1-4-11-19)18(23)21-15-16-8-7-9-17(14-16)26(24,25)22-12-5-2-6-13-22;/h7-9,14H,1-6,10-13,15,20H2,(H,21,23);1H. The Balaban J connectivity index is 0.00000261. The Hall–Kier alpha value is -1.15. The minimum Gasteiger partial charge on any atom is -0.350 e. The lowest BCUT2D eigenvalue weighted by Crippen LogP contribution is -2.54. The highest BCUT2D eigenvalue weighted by atomic mass is 35.5. The fraction of sp³-hybridized carbons (Fsp3) is 0.632. The van der Waals surface area contributed by atoms with Crippen LogP contribution in [0.5, 0.6) is 0 Å². The molecule has 3 rings (SSSR count). The van der Waals surface area contributed by atoms with Gasteiger partial charge in [-0.2, -0.15) is 4.31 Å². The number of nitrogens with zero attached hydrogens (tertiary/aromatic N) is 1. The van der Waals surface area contributed by atoms with Crippen molar-refractivity contribution in [3.05, 3.63) is 29.8 Å². The first-order valence-electron chi connectivity index (χ1n) is 9.58. The van der Waals surface area contributed by atoms with Crippen LogP contribution >= 0.6 is 12.4 Å². The third-order valence-electron chi connectivity index (χ3n) is 5.50. The highest BCUT2D eigenvalue weighted by Gasteiger charge is 2.35. The predicted molar refractivity (Wildman–Crippen MR) is 108 cm³/mol. The van der Waals surface area contributed by atoms with E-state index in [-0.39, 0.29) is 18.3 Å². The Labute approximate surface area is 168 Å². The lowest BCUT2D eigenvalue weighted by molar-refractivity contribution is -0.127. The maximum atomic E-state index is 12.8. The maximum Gasteiger partial charge on any atom is 0.243 e. The number of nitrogens with one attached hydrogen (secondary N) is 1. The second-order valence-electron chi connectivity index (χ2n) is 7.51. The van der Waals surface area contributed by atoms with Gasteiger partial charge in [0, 0.05) is 19.6 Å². The van der Waals surface area contributed by atoms with Crippen molar-refractivity contribution in [3.63, 3.8) is 0 Å². The average molecular weight is 416 g/mol. The molecule has 1 aromatic carbocycles. The van der Waals surface area contributed by atoms with Crippen molar-refractivity contribution in [1.29, 1.82) is 0 Å². The van der Waals surface area contributed by atoms with Gasteiger partial charge in [0.2, 0.25) is 15.9 Å². The monoisotopic (exact) mass is 415 g/mol. The number of hydrogen-bond acceptors (Lipinski definition) is 4. The zero-order chi connectivity index (χ0) is 18.6. The molecule has 1 amide bonds. The maximum absolute atomic E-state index is 12.8. The molecule has 0 atom stereocenters. The van der Waals surface area contributed by atoms with Gasteiger partial charge in [0.05, 0.1) is 10.4 Å². The van der Waals surface area contributed by atoms with E-state index in [1.165, 1.54) is 0 Å². The molecule has 3 N–H and O–H groups in total. The molecule has 27 heavy (non-hydrogen) atoms. The zero-order valence-corrected chi connectivity index (χ0v) is 17.3. The number of nitrogens with two attached hydrogens (primary N) is 1. The number of carbonyl (C=O) groups is 1. The first-order chi connectivity index (χ1) is 12.4. The molecule has 0 bridgehead atoms. The Kier molecular flexibility index (Phi) is 7.68. The lowest BCUT2D eigenvalue weighted by Gasteiger charge is -2.31. The molecule has 1 saturated heterocycles. The molecule has 1 heterocycles. The van der Waals surface area contributed by atoms with Gasteiger partial charge in [0.15, 0.2) is 0 Å². The van der Waals surface area contributed by atoms with Crippen molar-refractivity contribution in [2.24, 2.45) is 5.73 Å². The molecule has 0 radical (unpaired) electrons. The van der Waals surface area contributed by atoms with E-state index in [4.69, 9.17) is 5.73 Å². The number of hydrogen-bond donors (Lipinski definition) is 2. The minimum absolute atomic E-state index is 0. The number of sulfonamides is 1. The van der Waals surface area contributed by atoms with Crippen LogP contribution in [0.15, 0.2) is 29.2 Å². The molecule has 0 aromatic heterocycles. The summed E-state index contributed by atoms with van der Waals surface area (Å²) in [4.78, 5) is 12.8. The highest BCUT2D eigenvalue weighted by molar-refractivity contribution is 7.89. The topological polar surface area (TPSA) is 92.5 Å². The summed E-state index contributed by atoms with van der Waals surface area (Å²) < 4.78 is 27.1. The van der Waals surface area contributed by atoms with Crippen molar-refractivity contribution in [2.75, 3.05) is 13.1 Å². The molecule has 0 unspecified atom stereocenters. The van der Waals surface area contributed by atoms with E-state index in [1.54, 1.807) is 22.5 Å². The first-order valence-corrected chi connectivity index (χ1v) is 11.0. The number of halogens is 1.